The van der Waals surface area contributed by atoms with Crippen LogP contribution in [-0.2, 0) is 6.18 Å². The fraction of sp³-hybridized carbons (Fsp3) is 0.278. The average molecular weight is 368 g/mol. The Hall–Kier alpha value is -2.28. The topological polar surface area (TPSA) is 33.3 Å². The summed E-state index contributed by atoms with van der Waals surface area (Å²) in [6.07, 6.45) is -4.39. The van der Waals surface area contributed by atoms with Crippen LogP contribution in [0.2, 0.25) is 0 Å². The molecule has 0 aliphatic carbocycles. The molecule has 0 spiro atoms. The molecule has 0 saturated heterocycles. The highest BCUT2D eigenvalue weighted by molar-refractivity contribution is 7.80. The maximum absolute atomic E-state index is 12.7. The fourth-order valence-electron chi connectivity index (χ4n) is 2.14. The molecule has 25 heavy (non-hydrogen) atoms. The summed E-state index contributed by atoms with van der Waals surface area (Å²) in [5.74, 6) is 0.785. The van der Waals surface area contributed by atoms with Crippen molar-refractivity contribution in [3.8, 4) is 5.75 Å². The van der Waals surface area contributed by atoms with Gasteiger partial charge in [-0.2, -0.15) is 13.2 Å². The second kappa shape index (κ2) is 8.20. The first-order valence-corrected chi connectivity index (χ1v) is 8.10. The Kier molecular flexibility index (Phi) is 6.25. The van der Waals surface area contributed by atoms with Crippen LogP contribution in [-0.4, -0.2) is 17.8 Å². The molecule has 7 heteroatoms. The Bertz CT molecular complexity index is 734. The summed E-state index contributed by atoms with van der Waals surface area (Å²) in [6, 6.07) is 12.4. The van der Waals surface area contributed by atoms with Crippen LogP contribution in [0, 0.1) is 6.92 Å². The Balaban J connectivity index is 1.86. The molecule has 0 fully saturated rings. The van der Waals surface area contributed by atoms with Crippen LogP contribution in [0.1, 0.15) is 18.1 Å². The number of rotatable bonds is 5. The van der Waals surface area contributed by atoms with Crippen LogP contribution in [0.5, 0.6) is 5.75 Å². The van der Waals surface area contributed by atoms with Gasteiger partial charge in [-0.1, -0.05) is 24.3 Å². The number of ether oxygens (including phenoxy) is 1. The molecule has 0 aliphatic rings. The summed E-state index contributed by atoms with van der Waals surface area (Å²) < 4.78 is 43.9. The van der Waals surface area contributed by atoms with Crippen LogP contribution in [0.4, 0.5) is 18.9 Å². The number of alkyl halides is 3. The lowest BCUT2D eigenvalue weighted by atomic mass is 10.2. The number of nitrogens with one attached hydrogen (secondary N) is 2. The molecule has 0 aliphatic heterocycles. The van der Waals surface area contributed by atoms with Gasteiger partial charge in [-0.05, 0) is 55.9 Å². The van der Waals surface area contributed by atoms with Crippen molar-refractivity contribution in [1.29, 1.82) is 0 Å². The normalized spacial score (nSPS) is 12.4. The lowest BCUT2D eigenvalue weighted by Gasteiger charge is -2.18. The predicted octanol–water partition coefficient (Wildman–Crippen LogP) is 4.77. The first kappa shape index (κ1) is 19.1. The van der Waals surface area contributed by atoms with E-state index in [4.69, 9.17) is 17.0 Å². The minimum Gasteiger partial charge on any atom is -0.491 e. The lowest BCUT2D eigenvalue weighted by molar-refractivity contribution is -0.137. The van der Waals surface area contributed by atoms with E-state index in [0.717, 1.165) is 23.4 Å². The summed E-state index contributed by atoms with van der Waals surface area (Å²) >= 11 is 5.15. The molecule has 0 heterocycles. The molecule has 0 amide bonds. The van der Waals surface area contributed by atoms with Crippen LogP contribution < -0.4 is 15.4 Å². The molecule has 0 aromatic heterocycles. The molecule has 134 valence electrons. The SMILES string of the molecule is Cc1ccccc1OC[C@@H](C)NC(=S)Nc1cccc(C(F)(F)F)c1. The van der Waals surface area contributed by atoms with Gasteiger partial charge in [0.2, 0.25) is 0 Å². The van der Waals surface area contributed by atoms with Crippen molar-refractivity contribution < 1.29 is 17.9 Å². The second-order valence-corrected chi connectivity index (χ2v) is 6.06. The molecule has 1 atom stereocenters. The summed E-state index contributed by atoms with van der Waals surface area (Å²) in [5.41, 5.74) is 0.579. The third kappa shape index (κ3) is 5.94. The van der Waals surface area contributed by atoms with Crippen molar-refractivity contribution >= 4 is 23.0 Å². The van der Waals surface area contributed by atoms with Gasteiger partial charge in [0.05, 0.1) is 11.6 Å². The van der Waals surface area contributed by atoms with E-state index in [-0.39, 0.29) is 16.8 Å². The zero-order valence-electron chi connectivity index (χ0n) is 13.9. The van der Waals surface area contributed by atoms with Gasteiger partial charge in [0.15, 0.2) is 5.11 Å². The maximum Gasteiger partial charge on any atom is 0.416 e. The van der Waals surface area contributed by atoms with E-state index in [9.17, 15) is 13.2 Å². The van der Waals surface area contributed by atoms with Crippen molar-refractivity contribution in [3.05, 3.63) is 59.7 Å². The number of anilines is 1. The zero-order chi connectivity index (χ0) is 18.4. The van der Waals surface area contributed by atoms with E-state index in [2.05, 4.69) is 10.6 Å². The lowest BCUT2D eigenvalue weighted by Crippen LogP contribution is -2.39. The summed E-state index contributed by atoms with van der Waals surface area (Å²) in [5, 5.41) is 5.99. The van der Waals surface area contributed by atoms with Gasteiger partial charge >= 0.3 is 6.18 Å². The van der Waals surface area contributed by atoms with Crippen molar-refractivity contribution in [1.82, 2.24) is 5.32 Å². The van der Waals surface area contributed by atoms with Gasteiger partial charge in [-0.3, -0.25) is 0 Å². The number of benzene rings is 2. The Morgan fingerprint density at radius 3 is 2.56 bits per heavy atom. The third-order valence-electron chi connectivity index (χ3n) is 3.41. The van der Waals surface area contributed by atoms with Crippen molar-refractivity contribution in [2.45, 2.75) is 26.1 Å². The average Bonchev–Trinajstić information content (AvgIpc) is 2.53. The summed E-state index contributed by atoms with van der Waals surface area (Å²) in [7, 11) is 0. The molecular weight excluding hydrogens is 349 g/mol. The van der Waals surface area contributed by atoms with Crippen LogP contribution >= 0.6 is 12.2 Å². The molecule has 2 N–H and O–H groups in total. The van der Waals surface area contributed by atoms with Gasteiger partial charge in [0.25, 0.3) is 0 Å². The van der Waals surface area contributed by atoms with Crippen LogP contribution in [0.15, 0.2) is 48.5 Å². The first-order chi connectivity index (χ1) is 11.8. The van der Waals surface area contributed by atoms with Gasteiger partial charge in [0.1, 0.15) is 12.4 Å². The fourth-order valence-corrected chi connectivity index (χ4v) is 2.46. The highest BCUT2D eigenvalue weighted by Gasteiger charge is 2.30. The number of para-hydroxylation sites is 1. The van der Waals surface area contributed by atoms with E-state index in [1.165, 1.54) is 12.1 Å². The molecule has 0 unspecified atom stereocenters. The first-order valence-electron chi connectivity index (χ1n) is 7.69. The number of thiocarbonyl (C=S) groups is 1. The van der Waals surface area contributed by atoms with Crippen molar-refractivity contribution in [2.24, 2.45) is 0 Å². The maximum atomic E-state index is 12.7. The molecule has 2 aromatic rings. The Morgan fingerprint density at radius 1 is 1.16 bits per heavy atom. The monoisotopic (exact) mass is 368 g/mol. The quantitative estimate of drug-likeness (QED) is 0.745. The second-order valence-electron chi connectivity index (χ2n) is 5.65. The summed E-state index contributed by atoms with van der Waals surface area (Å²) in [4.78, 5) is 0. The molecule has 0 radical (unpaired) electrons. The van der Waals surface area contributed by atoms with Crippen LogP contribution in [0.3, 0.4) is 0 Å². The van der Waals surface area contributed by atoms with E-state index in [1.54, 1.807) is 0 Å². The minimum atomic E-state index is -4.39. The van der Waals surface area contributed by atoms with Crippen molar-refractivity contribution in [3.63, 3.8) is 0 Å². The number of aryl methyl sites for hydroxylation is 1. The van der Waals surface area contributed by atoms with Gasteiger partial charge < -0.3 is 15.4 Å². The number of hydrogen-bond donors (Lipinski definition) is 2. The molecule has 2 aromatic carbocycles. The zero-order valence-corrected chi connectivity index (χ0v) is 14.7. The molecule has 3 nitrogen and oxygen atoms in total. The number of hydrogen-bond acceptors (Lipinski definition) is 2. The highest BCUT2D eigenvalue weighted by atomic mass is 32.1. The minimum absolute atomic E-state index is 0.120. The molecule has 2 rings (SSSR count). The predicted molar refractivity (Wildman–Crippen MR) is 96.9 cm³/mol. The van der Waals surface area contributed by atoms with Gasteiger partial charge in [0, 0.05) is 5.69 Å². The molecule has 0 bridgehead atoms. The van der Waals surface area contributed by atoms with Gasteiger partial charge in [-0.15, -0.1) is 0 Å². The third-order valence-corrected chi connectivity index (χ3v) is 3.63. The molecular formula is C18H19F3N2OS. The highest BCUT2D eigenvalue weighted by Crippen LogP contribution is 2.30. The Labute approximate surface area is 150 Å². The smallest absolute Gasteiger partial charge is 0.416 e. The van der Waals surface area contributed by atoms with Crippen molar-refractivity contribution in [2.75, 3.05) is 11.9 Å². The molecule has 0 saturated carbocycles. The van der Waals surface area contributed by atoms with E-state index in [1.807, 2.05) is 38.1 Å². The summed E-state index contributed by atoms with van der Waals surface area (Å²) in [6.45, 7) is 4.20. The number of halogens is 3. The van der Waals surface area contributed by atoms with E-state index in [0.29, 0.717) is 6.61 Å². The van der Waals surface area contributed by atoms with E-state index < -0.39 is 11.7 Å². The largest absolute Gasteiger partial charge is 0.491 e. The van der Waals surface area contributed by atoms with Crippen LogP contribution in [0.25, 0.3) is 0 Å². The van der Waals surface area contributed by atoms with Gasteiger partial charge in [-0.25, -0.2) is 0 Å². The van der Waals surface area contributed by atoms with E-state index >= 15 is 0 Å². The Morgan fingerprint density at radius 2 is 1.88 bits per heavy atom. The standard InChI is InChI=1S/C18H19F3N2OS/c1-12-6-3-4-9-16(12)24-11-13(2)22-17(25)23-15-8-5-7-14(10-15)18(19,20)21/h3-10,13H,11H2,1-2H3,(H2,22,23,25)/t13-/m1/s1.